The van der Waals surface area contributed by atoms with Crippen LogP contribution in [0.15, 0.2) is 78.9 Å². The van der Waals surface area contributed by atoms with Gasteiger partial charge in [0.25, 0.3) is 0 Å². The van der Waals surface area contributed by atoms with Crippen LogP contribution in [0.4, 0.5) is 4.79 Å². The fraction of sp³-hybridized carbons (Fsp3) is 0.300. The molecule has 3 aromatic rings. The minimum atomic E-state index is -0.439. The van der Waals surface area contributed by atoms with E-state index >= 15 is 0 Å². The summed E-state index contributed by atoms with van der Waals surface area (Å²) in [7, 11) is -0.439. The lowest BCUT2D eigenvalue weighted by molar-refractivity contribution is 0.00578. The average molecular weight is 481 g/mol. The van der Waals surface area contributed by atoms with Gasteiger partial charge in [0.2, 0.25) is 0 Å². The van der Waals surface area contributed by atoms with Crippen LogP contribution in [0, 0.1) is 0 Å². The number of hydrogen-bond acceptors (Lipinski definition) is 4. The Hall–Kier alpha value is -3.35. The summed E-state index contributed by atoms with van der Waals surface area (Å²) >= 11 is 0. The lowest BCUT2D eigenvalue weighted by Gasteiger charge is -2.32. The summed E-state index contributed by atoms with van der Waals surface area (Å²) in [6.07, 6.45) is 3.45. The van der Waals surface area contributed by atoms with Gasteiger partial charge in [-0.05, 0) is 61.0 Å². The third kappa shape index (κ3) is 4.59. The Kier molecular flexibility index (Phi) is 6.50. The maximum atomic E-state index is 12.4. The zero-order chi connectivity index (χ0) is 25.3. The van der Waals surface area contributed by atoms with Gasteiger partial charge in [0.1, 0.15) is 6.61 Å². The molecular formula is C30H32BNO4. The van der Waals surface area contributed by atoms with E-state index < -0.39 is 24.4 Å². The molecule has 1 saturated heterocycles. The molecule has 5 nitrogen and oxygen atoms in total. The molecule has 1 fully saturated rings. The molecule has 0 bridgehead atoms. The highest BCUT2D eigenvalue weighted by atomic mass is 16.7. The molecule has 3 aromatic carbocycles. The molecule has 0 atom stereocenters. The molecule has 5 rings (SSSR count). The van der Waals surface area contributed by atoms with Crippen LogP contribution in [0.5, 0.6) is 0 Å². The zero-order valence-electron chi connectivity index (χ0n) is 21.3. The van der Waals surface area contributed by atoms with Crippen LogP contribution in [0.1, 0.15) is 50.3 Å². The van der Waals surface area contributed by atoms with E-state index in [-0.39, 0.29) is 5.92 Å². The summed E-state index contributed by atoms with van der Waals surface area (Å²) in [6, 6.07) is 24.6. The van der Waals surface area contributed by atoms with Crippen LogP contribution in [-0.4, -0.2) is 37.6 Å². The van der Waals surface area contributed by atoms with E-state index in [9.17, 15) is 4.79 Å². The number of carbonyl (C=O) groups excluding carboxylic acids is 1. The highest BCUT2D eigenvalue weighted by Crippen LogP contribution is 2.44. The SMILES string of the molecule is CC1(C)OB(c2ccccc2C=CCNC(=O)OCC2c3ccccc3-c3ccccc32)OC1(C)C. The van der Waals surface area contributed by atoms with E-state index in [0.717, 1.165) is 11.0 Å². The number of nitrogens with one attached hydrogen (secondary N) is 1. The third-order valence-corrected chi connectivity index (χ3v) is 7.51. The molecule has 0 aromatic heterocycles. The van der Waals surface area contributed by atoms with Gasteiger partial charge in [-0.25, -0.2) is 4.79 Å². The molecular weight excluding hydrogens is 449 g/mol. The standard InChI is InChI=1S/C30H32BNO4/c1-29(2)30(3,4)36-31(35-29)27-18-10-5-12-21(27)13-11-19-32-28(33)34-20-26-24-16-8-6-14-22(24)23-15-7-9-17-25(23)26/h5-18,26H,19-20H2,1-4H3,(H,32,33). The summed E-state index contributed by atoms with van der Waals surface area (Å²) in [5.74, 6) is 0.0467. The van der Waals surface area contributed by atoms with Crippen molar-refractivity contribution in [2.75, 3.05) is 13.2 Å². The van der Waals surface area contributed by atoms with Crippen LogP contribution in [0.2, 0.25) is 0 Å². The van der Waals surface area contributed by atoms with Gasteiger partial charge in [-0.15, -0.1) is 0 Å². The normalized spacial score (nSPS) is 17.7. The molecule has 1 amide bonds. The number of fused-ring (bicyclic) bond motifs is 3. The van der Waals surface area contributed by atoms with Crippen LogP contribution in [0.3, 0.4) is 0 Å². The maximum absolute atomic E-state index is 12.4. The molecule has 6 heteroatoms. The molecule has 0 radical (unpaired) electrons. The van der Waals surface area contributed by atoms with Gasteiger partial charge in [0.05, 0.1) is 11.2 Å². The van der Waals surface area contributed by atoms with Crippen molar-refractivity contribution < 1.29 is 18.8 Å². The Morgan fingerprint density at radius 2 is 1.44 bits per heavy atom. The van der Waals surface area contributed by atoms with Crippen molar-refractivity contribution in [2.24, 2.45) is 0 Å². The number of carbonyl (C=O) groups is 1. The number of alkyl carbamates (subject to hydrolysis) is 1. The molecule has 184 valence electrons. The Morgan fingerprint density at radius 3 is 2.08 bits per heavy atom. The first-order valence-corrected chi connectivity index (χ1v) is 12.5. The fourth-order valence-electron chi connectivity index (χ4n) is 4.82. The summed E-state index contributed by atoms with van der Waals surface area (Å²) in [6.45, 7) is 8.84. The predicted octanol–water partition coefficient (Wildman–Crippen LogP) is 5.54. The van der Waals surface area contributed by atoms with Gasteiger partial charge in [-0.3, -0.25) is 0 Å². The van der Waals surface area contributed by atoms with Crippen molar-refractivity contribution in [1.29, 1.82) is 0 Å². The van der Waals surface area contributed by atoms with E-state index in [1.165, 1.54) is 22.3 Å². The Morgan fingerprint density at radius 1 is 0.889 bits per heavy atom. The number of ether oxygens (including phenoxy) is 1. The van der Waals surface area contributed by atoms with Crippen molar-refractivity contribution in [3.63, 3.8) is 0 Å². The lowest BCUT2D eigenvalue weighted by Crippen LogP contribution is -2.41. The van der Waals surface area contributed by atoms with Crippen LogP contribution < -0.4 is 10.8 Å². The molecule has 2 aliphatic rings. The molecule has 1 aliphatic carbocycles. The van der Waals surface area contributed by atoms with Crippen molar-refractivity contribution in [1.82, 2.24) is 5.32 Å². The van der Waals surface area contributed by atoms with Crippen molar-refractivity contribution in [2.45, 2.75) is 44.8 Å². The highest BCUT2D eigenvalue weighted by molar-refractivity contribution is 6.63. The smallest absolute Gasteiger partial charge is 0.449 e. The fourth-order valence-corrected chi connectivity index (χ4v) is 4.82. The first-order chi connectivity index (χ1) is 17.3. The van der Waals surface area contributed by atoms with E-state index in [1.807, 2.05) is 88.4 Å². The summed E-state index contributed by atoms with van der Waals surface area (Å²) in [5.41, 5.74) is 5.98. The summed E-state index contributed by atoms with van der Waals surface area (Å²) in [5, 5.41) is 2.83. The molecule has 1 N–H and O–H groups in total. The molecule has 0 spiro atoms. The Bertz CT molecular complexity index is 1240. The predicted molar refractivity (Wildman–Crippen MR) is 144 cm³/mol. The van der Waals surface area contributed by atoms with Gasteiger partial charge >= 0.3 is 13.2 Å². The number of benzene rings is 3. The van der Waals surface area contributed by atoms with Gasteiger partial charge in [0.15, 0.2) is 0 Å². The van der Waals surface area contributed by atoms with E-state index in [4.69, 9.17) is 14.0 Å². The van der Waals surface area contributed by atoms with Crippen molar-refractivity contribution in [3.05, 3.63) is 95.6 Å². The first kappa shape index (κ1) is 24.4. The monoisotopic (exact) mass is 481 g/mol. The molecule has 36 heavy (non-hydrogen) atoms. The quantitative estimate of drug-likeness (QED) is 0.470. The van der Waals surface area contributed by atoms with Crippen LogP contribution in [-0.2, 0) is 14.0 Å². The molecule has 1 heterocycles. The maximum Gasteiger partial charge on any atom is 0.495 e. The first-order valence-electron chi connectivity index (χ1n) is 12.5. The van der Waals surface area contributed by atoms with Gasteiger partial charge in [-0.1, -0.05) is 84.9 Å². The highest BCUT2D eigenvalue weighted by Gasteiger charge is 2.52. The van der Waals surface area contributed by atoms with Crippen LogP contribution in [0.25, 0.3) is 17.2 Å². The van der Waals surface area contributed by atoms with Crippen LogP contribution >= 0.6 is 0 Å². The van der Waals surface area contributed by atoms with Gasteiger partial charge in [-0.2, -0.15) is 0 Å². The number of rotatable bonds is 6. The van der Waals surface area contributed by atoms with E-state index in [0.29, 0.717) is 13.2 Å². The summed E-state index contributed by atoms with van der Waals surface area (Å²) < 4.78 is 18.1. The molecule has 0 unspecified atom stereocenters. The third-order valence-electron chi connectivity index (χ3n) is 7.51. The Balaban J connectivity index is 1.18. The zero-order valence-corrected chi connectivity index (χ0v) is 21.3. The Labute approximate surface area is 213 Å². The van der Waals surface area contributed by atoms with Gasteiger partial charge < -0.3 is 19.4 Å². The topological polar surface area (TPSA) is 56.8 Å². The van der Waals surface area contributed by atoms with Crippen molar-refractivity contribution >= 4 is 24.8 Å². The second kappa shape index (κ2) is 9.60. The minimum absolute atomic E-state index is 0.0467. The lowest BCUT2D eigenvalue weighted by atomic mass is 9.76. The van der Waals surface area contributed by atoms with E-state index in [1.54, 1.807) is 0 Å². The summed E-state index contributed by atoms with van der Waals surface area (Å²) in [4.78, 5) is 12.4. The second-order valence-corrected chi connectivity index (χ2v) is 10.3. The van der Waals surface area contributed by atoms with E-state index in [2.05, 4.69) is 29.6 Å². The number of amides is 1. The van der Waals surface area contributed by atoms with Gasteiger partial charge in [0, 0.05) is 12.5 Å². The average Bonchev–Trinajstić information content (AvgIpc) is 3.30. The largest absolute Gasteiger partial charge is 0.495 e. The second-order valence-electron chi connectivity index (χ2n) is 10.3. The van der Waals surface area contributed by atoms with Crippen molar-refractivity contribution in [3.8, 4) is 11.1 Å². The molecule has 1 aliphatic heterocycles. The molecule has 0 saturated carbocycles. The minimum Gasteiger partial charge on any atom is -0.449 e. The number of hydrogen-bond donors (Lipinski definition) is 1.